The summed E-state index contributed by atoms with van der Waals surface area (Å²) < 4.78 is 7.47. The molecule has 1 aliphatic rings. The fourth-order valence-corrected chi connectivity index (χ4v) is 2.78. The van der Waals surface area contributed by atoms with Crippen LogP contribution >= 0.6 is 0 Å². The summed E-state index contributed by atoms with van der Waals surface area (Å²) in [6, 6.07) is 4.09. The van der Waals surface area contributed by atoms with E-state index >= 15 is 0 Å². The molecule has 0 N–H and O–H groups in total. The second kappa shape index (κ2) is 7.28. The van der Waals surface area contributed by atoms with E-state index in [0.29, 0.717) is 26.3 Å². The van der Waals surface area contributed by atoms with Crippen LogP contribution in [0.1, 0.15) is 30.3 Å². The molecule has 0 aromatic carbocycles. The lowest BCUT2D eigenvalue weighted by Crippen LogP contribution is -2.41. The molecule has 1 aliphatic heterocycles. The number of carbonyl (C=O) groups is 1. The number of hydrogen-bond acceptors (Lipinski definition) is 3. The molecule has 0 atom stereocenters. The SMILES string of the molecule is CCCn1c(C)cc(/C=C(\C#N)C(=O)N2CCOCC2)c1C. The predicted molar refractivity (Wildman–Crippen MR) is 85.2 cm³/mol. The molecular formula is C17H23N3O2. The lowest BCUT2D eigenvalue weighted by molar-refractivity contribution is -0.130. The number of morpholine rings is 1. The maximum Gasteiger partial charge on any atom is 0.264 e. The first-order valence-corrected chi connectivity index (χ1v) is 7.74. The molecule has 1 aromatic rings. The molecule has 2 heterocycles. The normalized spacial score (nSPS) is 15.7. The van der Waals surface area contributed by atoms with Crippen molar-refractivity contribution in [2.45, 2.75) is 33.7 Å². The minimum atomic E-state index is -0.203. The van der Waals surface area contributed by atoms with E-state index in [1.165, 1.54) is 0 Å². The number of aryl methyl sites for hydroxylation is 1. The van der Waals surface area contributed by atoms with Crippen LogP contribution in [0.25, 0.3) is 6.08 Å². The molecule has 0 radical (unpaired) electrons. The number of nitrogens with zero attached hydrogens (tertiary/aromatic N) is 3. The third-order valence-electron chi connectivity index (χ3n) is 4.01. The summed E-state index contributed by atoms with van der Waals surface area (Å²) in [5.74, 6) is -0.203. The molecule has 5 heteroatoms. The van der Waals surface area contributed by atoms with Crippen molar-refractivity contribution >= 4 is 12.0 Å². The molecule has 0 spiro atoms. The highest BCUT2D eigenvalue weighted by Gasteiger charge is 2.21. The third kappa shape index (κ3) is 3.40. The van der Waals surface area contributed by atoms with Crippen LogP contribution in [0, 0.1) is 25.2 Å². The first kappa shape index (κ1) is 16.3. The van der Waals surface area contributed by atoms with E-state index in [9.17, 15) is 10.1 Å². The average Bonchev–Trinajstić information content (AvgIpc) is 2.80. The molecular weight excluding hydrogens is 278 g/mol. The zero-order valence-corrected chi connectivity index (χ0v) is 13.6. The Hall–Kier alpha value is -2.06. The lowest BCUT2D eigenvalue weighted by Gasteiger charge is -2.26. The zero-order valence-electron chi connectivity index (χ0n) is 13.6. The Morgan fingerprint density at radius 3 is 2.68 bits per heavy atom. The summed E-state index contributed by atoms with van der Waals surface area (Å²) in [4.78, 5) is 14.1. The van der Waals surface area contributed by atoms with Crippen LogP contribution in [-0.2, 0) is 16.1 Å². The van der Waals surface area contributed by atoms with E-state index in [4.69, 9.17) is 4.74 Å². The molecule has 0 saturated carbocycles. The van der Waals surface area contributed by atoms with Crippen LogP contribution in [0.15, 0.2) is 11.6 Å². The predicted octanol–water partition coefficient (Wildman–Crippen LogP) is 2.28. The fraction of sp³-hybridized carbons (Fsp3) is 0.529. The van der Waals surface area contributed by atoms with Gasteiger partial charge in [-0.2, -0.15) is 5.26 Å². The second-order valence-corrected chi connectivity index (χ2v) is 5.55. The lowest BCUT2D eigenvalue weighted by atomic mass is 10.1. The van der Waals surface area contributed by atoms with Crippen LogP contribution in [0.5, 0.6) is 0 Å². The summed E-state index contributed by atoms with van der Waals surface area (Å²) in [5.41, 5.74) is 3.39. The monoisotopic (exact) mass is 301 g/mol. The Kier molecular flexibility index (Phi) is 5.40. The standard InChI is InChI=1S/C17H23N3O2/c1-4-5-20-13(2)10-15(14(20)3)11-16(12-18)17(21)19-6-8-22-9-7-19/h10-11H,4-9H2,1-3H3/b16-11+. The number of carbonyl (C=O) groups excluding carboxylic acids is 1. The number of hydrogen-bond donors (Lipinski definition) is 0. The number of amides is 1. The Labute approximate surface area is 131 Å². The van der Waals surface area contributed by atoms with Gasteiger partial charge in [-0.25, -0.2) is 0 Å². The van der Waals surface area contributed by atoms with Gasteiger partial charge in [0.2, 0.25) is 0 Å². The van der Waals surface area contributed by atoms with Crippen molar-refractivity contribution in [3.05, 3.63) is 28.6 Å². The smallest absolute Gasteiger partial charge is 0.264 e. The van der Waals surface area contributed by atoms with Crippen LogP contribution in [0.3, 0.4) is 0 Å². The van der Waals surface area contributed by atoms with Gasteiger partial charge >= 0.3 is 0 Å². The first-order chi connectivity index (χ1) is 10.6. The Bertz CT molecular complexity index is 617. The van der Waals surface area contributed by atoms with Gasteiger partial charge in [0, 0.05) is 31.0 Å². The maximum absolute atomic E-state index is 12.4. The van der Waals surface area contributed by atoms with E-state index in [-0.39, 0.29) is 11.5 Å². The van der Waals surface area contributed by atoms with E-state index in [1.54, 1.807) is 11.0 Å². The average molecular weight is 301 g/mol. The maximum atomic E-state index is 12.4. The van der Waals surface area contributed by atoms with Crippen molar-refractivity contribution in [2.75, 3.05) is 26.3 Å². The van der Waals surface area contributed by atoms with Gasteiger partial charge in [0.15, 0.2) is 0 Å². The van der Waals surface area contributed by atoms with Crippen molar-refractivity contribution in [3.8, 4) is 6.07 Å². The molecule has 2 rings (SSSR count). The van der Waals surface area contributed by atoms with E-state index in [2.05, 4.69) is 24.5 Å². The van der Waals surface area contributed by atoms with Gasteiger partial charge in [-0.3, -0.25) is 4.79 Å². The molecule has 0 unspecified atom stereocenters. The summed E-state index contributed by atoms with van der Waals surface area (Å²) in [6.07, 6.45) is 2.77. The molecule has 22 heavy (non-hydrogen) atoms. The molecule has 5 nitrogen and oxygen atoms in total. The molecule has 1 fully saturated rings. The van der Waals surface area contributed by atoms with E-state index < -0.39 is 0 Å². The second-order valence-electron chi connectivity index (χ2n) is 5.55. The molecule has 1 aromatic heterocycles. The molecule has 0 aliphatic carbocycles. The minimum absolute atomic E-state index is 0.193. The zero-order chi connectivity index (χ0) is 16.1. The highest BCUT2D eigenvalue weighted by atomic mass is 16.5. The van der Waals surface area contributed by atoms with Gasteiger partial charge in [-0.1, -0.05) is 6.92 Å². The summed E-state index contributed by atoms with van der Waals surface area (Å²) in [5, 5.41) is 9.35. The summed E-state index contributed by atoms with van der Waals surface area (Å²) in [6.45, 7) is 9.34. The van der Waals surface area contributed by atoms with Gasteiger partial charge in [0.1, 0.15) is 11.6 Å². The van der Waals surface area contributed by atoms with Crippen molar-refractivity contribution in [1.82, 2.24) is 9.47 Å². The molecule has 1 saturated heterocycles. The minimum Gasteiger partial charge on any atom is -0.378 e. The van der Waals surface area contributed by atoms with Crippen molar-refractivity contribution in [3.63, 3.8) is 0 Å². The highest BCUT2D eigenvalue weighted by Crippen LogP contribution is 2.19. The molecule has 118 valence electrons. The Morgan fingerprint density at radius 1 is 1.41 bits per heavy atom. The van der Waals surface area contributed by atoms with Crippen LogP contribution in [0.4, 0.5) is 0 Å². The Morgan fingerprint density at radius 2 is 2.09 bits per heavy atom. The van der Waals surface area contributed by atoms with Crippen molar-refractivity contribution in [2.24, 2.45) is 0 Å². The number of nitriles is 1. The van der Waals surface area contributed by atoms with E-state index in [0.717, 1.165) is 29.9 Å². The summed E-state index contributed by atoms with van der Waals surface area (Å²) in [7, 11) is 0. The van der Waals surface area contributed by atoms with Crippen LogP contribution < -0.4 is 0 Å². The van der Waals surface area contributed by atoms with Crippen molar-refractivity contribution < 1.29 is 9.53 Å². The van der Waals surface area contributed by atoms with Crippen LogP contribution in [-0.4, -0.2) is 41.7 Å². The quantitative estimate of drug-likeness (QED) is 0.633. The third-order valence-corrected chi connectivity index (χ3v) is 4.01. The molecule has 1 amide bonds. The Balaban J connectivity index is 2.27. The molecule has 0 bridgehead atoms. The number of ether oxygens (including phenoxy) is 1. The number of aromatic nitrogens is 1. The van der Waals surface area contributed by atoms with Gasteiger partial charge in [-0.05, 0) is 38.0 Å². The number of rotatable bonds is 4. The highest BCUT2D eigenvalue weighted by molar-refractivity contribution is 6.01. The summed E-state index contributed by atoms with van der Waals surface area (Å²) >= 11 is 0. The van der Waals surface area contributed by atoms with Crippen LogP contribution in [0.2, 0.25) is 0 Å². The van der Waals surface area contributed by atoms with E-state index in [1.807, 2.05) is 13.0 Å². The first-order valence-electron chi connectivity index (χ1n) is 7.74. The van der Waals surface area contributed by atoms with Gasteiger partial charge in [0.05, 0.1) is 13.2 Å². The fourth-order valence-electron chi connectivity index (χ4n) is 2.78. The van der Waals surface area contributed by atoms with Gasteiger partial charge < -0.3 is 14.2 Å². The van der Waals surface area contributed by atoms with Gasteiger partial charge in [-0.15, -0.1) is 0 Å². The topological polar surface area (TPSA) is 58.3 Å². The van der Waals surface area contributed by atoms with Gasteiger partial charge in [0.25, 0.3) is 5.91 Å². The van der Waals surface area contributed by atoms with Crippen molar-refractivity contribution in [1.29, 1.82) is 5.26 Å². The largest absolute Gasteiger partial charge is 0.378 e.